The Morgan fingerprint density at radius 3 is 2.65 bits per heavy atom. The Kier molecular flexibility index (Phi) is 4.99. The van der Waals surface area contributed by atoms with E-state index in [2.05, 4.69) is 5.32 Å². The van der Waals surface area contributed by atoms with E-state index in [1.165, 1.54) is 13.2 Å². The van der Waals surface area contributed by atoms with Crippen LogP contribution in [0.1, 0.15) is 17.2 Å². The molecule has 0 fully saturated rings. The van der Waals surface area contributed by atoms with E-state index in [1.807, 2.05) is 31.3 Å². The summed E-state index contributed by atoms with van der Waals surface area (Å²) in [7, 11) is 3.34. The molecule has 0 heterocycles. The molecule has 1 N–H and O–H groups in total. The average Bonchev–Trinajstić information content (AvgIpc) is 2.47. The lowest BCUT2D eigenvalue weighted by Crippen LogP contribution is -2.19. The molecule has 0 amide bonds. The molecule has 0 bridgehead atoms. The van der Waals surface area contributed by atoms with Gasteiger partial charge in [0, 0.05) is 11.1 Å². The van der Waals surface area contributed by atoms with Crippen molar-refractivity contribution in [1.29, 1.82) is 0 Å². The Morgan fingerprint density at radius 1 is 1.25 bits per heavy atom. The van der Waals surface area contributed by atoms with Gasteiger partial charge in [0.1, 0.15) is 0 Å². The number of methoxy groups -OCH3 is 1. The first kappa shape index (κ1) is 14.8. The highest BCUT2D eigenvalue weighted by Gasteiger charge is 2.14. The Hall–Kier alpha value is -1.58. The van der Waals surface area contributed by atoms with E-state index >= 15 is 0 Å². The summed E-state index contributed by atoms with van der Waals surface area (Å²) in [5.41, 5.74) is 2.02. The molecule has 0 spiro atoms. The number of benzene rings is 2. The van der Waals surface area contributed by atoms with Crippen molar-refractivity contribution in [2.24, 2.45) is 0 Å². The van der Waals surface area contributed by atoms with Gasteiger partial charge in [0.15, 0.2) is 11.6 Å². The van der Waals surface area contributed by atoms with E-state index in [4.69, 9.17) is 16.3 Å². The van der Waals surface area contributed by atoms with Gasteiger partial charge in [-0.1, -0.05) is 35.9 Å². The van der Waals surface area contributed by atoms with Crippen molar-refractivity contribution in [3.63, 3.8) is 0 Å². The fourth-order valence-corrected chi connectivity index (χ4v) is 2.38. The molecule has 106 valence electrons. The molecule has 20 heavy (non-hydrogen) atoms. The number of ether oxygens (including phenoxy) is 1. The van der Waals surface area contributed by atoms with Crippen molar-refractivity contribution < 1.29 is 9.13 Å². The van der Waals surface area contributed by atoms with Crippen LogP contribution in [-0.4, -0.2) is 14.2 Å². The van der Waals surface area contributed by atoms with Gasteiger partial charge in [-0.15, -0.1) is 0 Å². The first-order valence-electron chi connectivity index (χ1n) is 6.39. The normalized spacial score (nSPS) is 12.2. The van der Waals surface area contributed by atoms with Gasteiger partial charge in [-0.05, 0) is 42.8 Å². The Bertz CT molecular complexity index is 588. The summed E-state index contributed by atoms with van der Waals surface area (Å²) in [5, 5.41) is 3.97. The molecule has 0 aliphatic heterocycles. The Morgan fingerprint density at radius 2 is 2.00 bits per heavy atom. The average molecular weight is 294 g/mol. The minimum atomic E-state index is -0.358. The predicted molar refractivity (Wildman–Crippen MR) is 79.9 cm³/mol. The smallest absolute Gasteiger partial charge is 0.165 e. The predicted octanol–water partition coefficient (Wildman–Crippen LogP) is 3.99. The van der Waals surface area contributed by atoms with Crippen molar-refractivity contribution in [2.45, 2.75) is 12.5 Å². The first-order chi connectivity index (χ1) is 9.65. The van der Waals surface area contributed by atoms with Crippen molar-refractivity contribution in [1.82, 2.24) is 5.32 Å². The summed E-state index contributed by atoms with van der Waals surface area (Å²) in [6.45, 7) is 0. The molecule has 2 aromatic carbocycles. The third-order valence-electron chi connectivity index (χ3n) is 3.31. The topological polar surface area (TPSA) is 21.3 Å². The molecule has 1 atom stereocenters. The van der Waals surface area contributed by atoms with Crippen LogP contribution >= 0.6 is 11.6 Å². The van der Waals surface area contributed by atoms with Crippen LogP contribution in [0.4, 0.5) is 4.39 Å². The number of nitrogens with one attached hydrogen (secondary N) is 1. The Balaban J connectivity index is 2.26. The SMILES string of the molecule is CNC(Cc1ccccc1Cl)c1ccc(F)c(OC)c1. The quantitative estimate of drug-likeness (QED) is 0.900. The highest BCUT2D eigenvalue weighted by atomic mass is 35.5. The standard InChI is InChI=1S/C16H17ClFNO/c1-19-15(9-11-5-3-4-6-13(11)17)12-7-8-14(18)16(10-12)20-2/h3-8,10,15,19H,9H2,1-2H3. The zero-order valence-corrected chi connectivity index (χ0v) is 12.2. The van der Waals surface area contributed by atoms with Crippen molar-refractivity contribution >= 4 is 11.6 Å². The van der Waals surface area contributed by atoms with Crippen LogP contribution in [0.5, 0.6) is 5.75 Å². The van der Waals surface area contributed by atoms with Gasteiger partial charge in [-0.2, -0.15) is 0 Å². The summed E-state index contributed by atoms with van der Waals surface area (Å²) in [4.78, 5) is 0. The summed E-state index contributed by atoms with van der Waals surface area (Å²) in [6.07, 6.45) is 0.727. The van der Waals surface area contributed by atoms with Crippen LogP contribution in [0.3, 0.4) is 0 Å². The van der Waals surface area contributed by atoms with E-state index in [0.717, 1.165) is 22.6 Å². The highest BCUT2D eigenvalue weighted by Crippen LogP contribution is 2.27. The third-order valence-corrected chi connectivity index (χ3v) is 3.68. The van der Waals surface area contributed by atoms with Gasteiger partial charge in [-0.3, -0.25) is 0 Å². The van der Waals surface area contributed by atoms with E-state index in [-0.39, 0.29) is 17.6 Å². The molecule has 0 radical (unpaired) electrons. The largest absolute Gasteiger partial charge is 0.494 e. The second-order valence-electron chi connectivity index (χ2n) is 4.53. The van der Waals surface area contributed by atoms with Gasteiger partial charge in [0.25, 0.3) is 0 Å². The maximum atomic E-state index is 13.5. The van der Waals surface area contributed by atoms with Gasteiger partial charge >= 0.3 is 0 Å². The van der Waals surface area contributed by atoms with Crippen LogP contribution in [0.2, 0.25) is 5.02 Å². The minimum Gasteiger partial charge on any atom is -0.494 e. The molecule has 1 unspecified atom stereocenters. The van der Waals surface area contributed by atoms with Crippen molar-refractivity contribution in [3.8, 4) is 5.75 Å². The molecule has 2 aromatic rings. The lowest BCUT2D eigenvalue weighted by Gasteiger charge is -2.18. The van der Waals surface area contributed by atoms with E-state index in [1.54, 1.807) is 12.1 Å². The molecule has 0 saturated carbocycles. The van der Waals surface area contributed by atoms with Crippen LogP contribution in [0.15, 0.2) is 42.5 Å². The number of rotatable bonds is 5. The molecule has 0 aliphatic carbocycles. The lowest BCUT2D eigenvalue weighted by atomic mass is 9.98. The summed E-state index contributed by atoms with van der Waals surface area (Å²) < 4.78 is 18.5. The molecule has 2 rings (SSSR count). The van der Waals surface area contributed by atoms with Gasteiger partial charge in [-0.25, -0.2) is 4.39 Å². The van der Waals surface area contributed by atoms with E-state index in [0.29, 0.717) is 0 Å². The van der Waals surface area contributed by atoms with Crippen molar-refractivity contribution in [2.75, 3.05) is 14.2 Å². The fourth-order valence-electron chi connectivity index (χ4n) is 2.16. The monoisotopic (exact) mass is 293 g/mol. The summed E-state index contributed by atoms with van der Waals surface area (Å²) in [5.74, 6) is -0.106. The fraction of sp³-hybridized carbons (Fsp3) is 0.250. The summed E-state index contributed by atoms with van der Waals surface area (Å²) >= 11 is 6.18. The van der Waals surface area contributed by atoms with Gasteiger partial charge < -0.3 is 10.1 Å². The number of halogens is 2. The first-order valence-corrected chi connectivity index (χ1v) is 6.77. The number of hydrogen-bond acceptors (Lipinski definition) is 2. The molecule has 0 aromatic heterocycles. The Labute approximate surface area is 123 Å². The molecule has 0 saturated heterocycles. The van der Waals surface area contributed by atoms with Gasteiger partial charge in [0.2, 0.25) is 0 Å². The minimum absolute atomic E-state index is 0.0457. The maximum absolute atomic E-state index is 13.5. The van der Waals surface area contributed by atoms with Gasteiger partial charge in [0.05, 0.1) is 7.11 Å². The lowest BCUT2D eigenvalue weighted by molar-refractivity contribution is 0.385. The van der Waals surface area contributed by atoms with Crippen LogP contribution in [0.25, 0.3) is 0 Å². The van der Waals surface area contributed by atoms with E-state index in [9.17, 15) is 4.39 Å². The summed E-state index contributed by atoms with van der Waals surface area (Å²) in [6, 6.07) is 12.7. The molecular weight excluding hydrogens is 277 g/mol. The molecular formula is C16H17ClFNO. The zero-order chi connectivity index (χ0) is 14.5. The number of hydrogen-bond donors (Lipinski definition) is 1. The van der Waals surface area contributed by atoms with Crippen LogP contribution < -0.4 is 10.1 Å². The second-order valence-corrected chi connectivity index (χ2v) is 4.94. The van der Waals surface area contributed by atoms with E-state index < -0.39 is 0 Å². The molecule has 2 nitrogen and oxygen atoms in total. The van der Waals surface area contributed by atoms with Crippen LogP contribution in [-0.2, 0) is 6.42 Å². The third kappa shape index (κ3) is 3.30. The van der Waals surface area contributed by atoms with Crippen LogP contribution in [0, 0.1) is 5.82 Å². The van der Waals surface area contributed by atoms with Crippen molar-refractivity contribution in [3.05, 3.63) is 64.4 Å². The zero-order valence-electron chi connectivity index (χ0n) is 11.5. The maximum Gasteiger partial charge on any atom is 0.165 e. The second kappa shape index (κ2) is 6.73. The molecule has 4 heteroatoms. The highest BCUT2D eigenvalue weighted by molar-refractivity contribution is 6.31. The number of likely N-dealkylation sites (N-methyl/N-ethyl adjacent to an activating group) is 1. The molecule has 0 aliphatic rings.